The van der Waals surface area contributed by atoms with Crippen LogP contribution in [-0.4, -0.2) is 27.9 Å². The van der Waals surface area contributed by atoms with Crippen molar-refractivity contribution in [2.24, 2.45) is 0 Å². The summed E-state index contributed by atoms with van der Waals surface area (Å²) in [6.45, 7) is 0.175. The summed E-state index contributed by atoms with van der Waals surface area (Å²) in [5, 5.41) is 20.2. The standard InChI is InChI=1S/C15H13FN2O4/c1-17(9-10-3-2-4-12(16)7-10)15(20)11-5-6-13(18(21)22)14(19)8-11/h2-8,19H,9H2,1H3. The van der Waals surface area contributed by atoms with E-state index in [1.165, 1.54) is 30.1 Å². The molecule has 2 rings (SSSR count). The molecular weight excluding hydrogens is 291 g/mol. The number of phenolic OH excluding ortho intramolecular Hbond substituents is 1. The molecule has 0 atom stereocenters. The summed E-state index contributed by atoms with van der Waals surface area (Å²) in [5.41, 5.74) is 0.258. The lowest BCUT2D eigenvalue weighted by molar-refractivity contribution is -0.385. The van der Waals surface area contributed by atoms with Gasteiger partial charge >= 0.3 is 5.69 Å². The molecule has 1 amide bonds. The van der Waals surface area contributed by atoms with Crippen LogP contribution < -0.4 is 0 Å². The van der Waals surface area contributed by atoms with Crippen molar-refractivity contribution in [1.82, 2.24) is 4.90 Å². The van der Waals surface area contributed by atoms with Gasteiger partial charge in [-0.2, -0.15) is 0 Å². The van der Waals surface area contributed by atoms with Gasteiger partial charge in [-0.25, -0.2) is 4.39 Å². The van der Waals surface area contributed by atoms with Crippen LogP contribution in [0, 0.1) is 15.9 Å². The predicted octanol–water partition coefficient (Wildman–Crippen LogP) is 2.71. The van der Waals surface area contributed by atoms with Crippen molar-refractivity contribution in [3.63, 3.8) is 0 Å². The normalized spacial score (nSPS) is 10.3. The second kappa shape index (κ2) is 6.21. The fraction of sp³-hybridized carbons (Fsp3) is 0.133. The molecule has 114 valence electrons. The molecule has 0 aromatic heterocycles. The highest BCUT2D eigenvalue weighted by atomic mass is 19.1. The summed E-state index contributed by atoms with van der Waals surface area (Å²) < 4.78 is 13.1. The quantitative estimate of drug-likeness (QED) is 0.695. The first-order valence-corrected chi connectivity index (χ1v) is 6.36. The van der Waals surface area contributed by atoms with Crippen molar-refractivity contribution in [2.75, 3.05) is 7.05 Å². The molecule has 0 aliphatic heterocycles. The number of hydrogen-bond acceptors (Lipinski definition) is 4. The van der Waals surface area contributed by atoms with E-state index in [2.05, 4.69) is 0 Å². The lowest BCUT2D eigenvalue weighted by Crippen LogP contribution is -2.26. The van der Waals surface area contributed by atoms with Crippen LogP contribution >= 0.6 is 0 Å². The number of hydrogen-bond donors (Lipinski definition) is 1. The SMILES string of the molecule is CN(Cc1cccc(F)c1)C(=O)c1ccc([N+](=O)[O-])c(O)c1. The van der Waals surface area contributed by atoms with E-state index >= 15 is 0 Å². The maximum Gasteiger partial charge on any atom is 0.310 e. The van der Waals surface area contributed by atoms with Crippen molar-refractivity contribution < 1.29 is 19.2 Å². The fourth-order valence-electron chi connectivity index (χ4n) is 2.01. The number of aromatic hydroxyl groups is 1. The number of benzene rings is 2. The third kappa shape index (κ3) is 3.38. The van der Waals surface area contributed by atoms with Crippen molar-refractivity contribution in [3.8, 4) is 5.75 Å². The maximum absolute atomic E-state index is 13.1. The molecule has 0 spiro atoms. The van der Waals surface area contributed by atoms with Gasteiger partial charge in [0.05, 0.1) is 4.92 Å². The summed E-state index contributed by atoms with van der Waals surface area (Å²) in [4.78, 5) is 23.4. The van der Waals surface area contributed by atoms with Crippen molar-refractivity contribution in [3.05, 3.63) is 69.5 Å². The van der Waals surface area contributed by atoms with E-state index < -0.39 is 28.1 Å². The maximum atomic E-state index is 13.1. The molecule has 6 nitrogen and oxygen atoms in total. The number of nitro groups is 1. The number of amides is 1. The largest absolute Gasteiger partial charge is 0.502 e. The number of nitrogens with zero attached hydrogens (tertiary/aromatic N) is 2. The van der Waals surface area contributed by atoms with Crippen LogP contribution in [0.25, 0.3) is 0 Å². The van der Waals surface area contributed by atoms with Crippen LogP contribution in [0.15, 0.2) is 42.5 Å². The Kier molecular flexibility index (Phi) is 4.36. The number of halogens is 1. The van der Waals surface area contributed by atoms with Crippen molar-refractivity contribution in [2.45, 2.75) is 6.54 Å². The van der Waals surface area contributed by atoms with Gasteiger partial charge in [0.25, 0.3) is 5.91 Å². The van der Waals surface area contributed by atoms with Crippen LogP contribution in [0.2, 0.25) is 0 Å². The molecule has 0 aliphatic rings. The summed E-state index contributed by atoms with van der Waals surface area (Å²) in [7, 11) is 1.52. The molecule has 7 heteroatoms. The van der Waals surface area contributed by atoms with E-state index in [-0.39, 0.29) is 12.1 Å². The van der Waals surface area contributed by atoms with Gasteiger partial charge in [-0.1, -0.05) is 12.1 Å². The zero-order valence-electron chi connectivity index (χ0n) is 11.7. The Morgan fingerprint density at radius 2 is 2.05 bits per heavy atom. The predicted molar refractivity (Wildman–Crippen MR) is 77.0 cm³/mol. The first-order chi connectivity index (χ1) is 10.4. The van der Waals surface area contributed by atoms with Crippen LogP contribution in [0.5, 0.6) is 5.75 Å². The minimum atomic E-state index is -0.736. The van der Waals surface area contributed by atoms with Gasteiger partial charge in [0, 0.05) is 25.2 Å². The zero-order chi connectivity index (χ0) is 16.3. The van der Waals surface area contributed by atoms with E-state index in [0.717, 1.165) is 12.1 Å². The molecule has 0 unspecified atom stereocenters. The molecule has 2 aromatic rings. The highest BCUT2D eigenvalue weighted by Crippen LogP contribution is 2.26. The average Bonchev–Trinajstić information content (AvgIpc) is 2.45. The summed E-state index contributed by atoms with van der Waals surface area (Å²) in [6.07, 6.45) is 0. The Hall–Kier alpha value is -2.96. The number of carbonyl (C=O) groups is 1. The van der Waals surface area contributed by atoms with Gasteiger partial charge in [0.2, 0.25) is 0 Å². The molecule has 0 fully saturated rings. The lowest BCUT2D eigenvalue weighted by atomic mass is 10.1. The monoisotopic (exact) mass is 304 g/mol. The second-order valence-electron chi connectivity index (χ2n) is 4.75. The highest BCUT2D eigenvalue weighted by Gasteiger charge is 2.18. The van der Waals surface area contributed by atoms with E-state index in [1.807, 2.05) is 0 Å². The first-order valence-electron chi connectivity index (χ1n) is 6.36. The van der Waals surface area contributed by atoms with E-state index in [4.69, 9.17) is 0 Å². The first kappa shape index (κ1) is 15.4. The summed E-state index contributed by atoms with van der Waals surface area (Å²) in [5.74, 6) is -1.41. The van der Waals surface area contributed by atoms with Crippen molar-refractivity contribution >= 4 is 11.6 Å². The highest BCUT2D eigenvalue weighted by molar-refractivity contribution is 5.94. The number of nitro benzene ring substituents is 1. The minimum absolute atomic E-state index is 0.113. The molecule has 1 N–H and O–H groups in total. The molecule has 22 heavy (non-hydrogen) atoms. The topological polar surface area (TPSA) is 83.7 Å². The Balaban J connectivity index is 2.17. The van der Waals surface area contributed by atoms with Crippen LogP contribution in [0.1, 0.15) is 15.9 Å². The van der Waals surface area contributed by atoms with E-state index in [9.17, 15) is 24.4 Å². The molecule has 0 bridgehead atoms. The Labute approximate surface area is 125 Å². The average molecular weight is 304 g/mol. The van der Waals surface area contributed by atoms with Gasteiger partial charge in [0.15, 0.2) is 5.75 Å². The van der Waals surface area contributed by atoms with Gasteiger partial charge in [-0.05, 0) is 29.8 Å². The third-order valence-corrected chi connectivity index (χ3v) is 3.07. The summed E-state index contributed by atoms with van der Waals surface area (Å²) in [6, 6.07) is 9.22. The Morgan fingerprint density at radius 1 is 1.32 bits per heavy atom. The van der Waals surface area contributed by atoms with E-state index in [0.29, 0.717) is 5.56 Å². The lowest BCUT2D eigenvalue weighted by Gasteiger charge is -2.17. The molecule has 0 saturated carbocycles. The molecule has 0 saturated heterocycles. The van der Waals surface area contributed by atoms with Crippen LogP contribution in [0.4, 0.5) is 10.1 Å². The van der Waals surface area contributed by atoms with Crippen LogP contribution in [-0.2, 0) is 6.54 Å². The molecule has 2 aromatic carbocycles. The Morgan fingerprint density at radius 3 is 2.64 bits per heavy atom. The van der Waals surface area contributed by atoms with Crippen LogP contribution in [0.3, 0.4) is 0 Å². The van der Waals surface area contributed by atoms with Gasteiger partial charge in [0.1, 0.15) is 5.82 Å². The third-order valence-electron chi connectivity index (χ3n) is 3.07. The zero-order valence-corrected chi connectivity index (χ0v) is 11.7. The van der Waals surface area contributed by atoms with Crippen molar-refractivity contribution in [1.29, 1.82) is 0 Å². The van der Waals surface area contributed by atoms with Gasteiger partial charge < -0.3 is 10.0 Å². The van der Waals surface area contributed by atoms with E-state index in [1.54, 1.807) is 12.1 Å². The number of rotatable bonds is 4. The number of carbonyl (C=O) groups excluding carboxylic acids is 1. The second-order valence-corrected chi connectivity index (χ2v) is 4.75. The number of phenols is 1. The smallest absolute Gasteiger partial charge is 0.310 e. The minimum Gasteiger partial charge on any atom is -0.502 e. The van der Waals surface area contributed by atoms with Gasteiger partial charge in [-0.15, -0.1) is 0 Å². The molecule has 0 heterocycles. The fourth-order valence-corrected chi connectivity index (χ4v) is 2.01. The molecular formula is C15H13FN2O4. The van der Waals surface area contributed by atoms with Gasteiger partial charge in [-0.3, -0.25) is 14.9 Å². The molecule has 0 aliphatic carbocycles. The Bertz CT molecular complexity index is 733. The summed E-state index contributed by atoms with van der Waals surface area (Å²) >= 11 is 0. The molecule has 0 radical (unpaired) electrons.